The van der Waals surface area contributed by atoms with E-state index in [9.17, 15) is 0 Å². The fourth-order valence-corrected chi connectivity index (χ4v) is 6.80. The van der Waals surface area contributed by atoms with Crippen molar-refractivity contribution in [3.05, 3.63) is 69.7 Å². The summed E-state index contributed by atoms with van der Waals surface area (Å²) in [6, 6.07) is 16.5. The van der Waals surface area contributed by atoms with Gasteiger partial charge in [-0.25, -0.2) is 0 Å². The van der Waals surface area contributed by atoms with Gasteiger partial charge in [-0.3, -0.25) is 19.6 Å². The third-order valence-corrected chi connectivity index (χ3v) is 9.50. The highest BCUT2D eigenvalue weighted by Gasteiger charge is 2.18. The summed E-state index contributed by atoms with van der Waals surface area (Å²) in [5.74, 6) is 2.44. The van der Waals surface area contributed by atoms with Crippen LogP contribution in [0.1, 0.15) is 11.1 Å². The Morgan fingerprint density at radius 3 is 1.08 bits per heavy atom. The molecule has 12 heteroatoms. The molecule has 0 amide bonds. The molecule has 38 heavy (non-hydrogen) atoms. The zero-order chi connectivity index (χ0) is 23.6. The summed E-state index contributed by atoms with van der Waals surface area (Å²) in [4.78, 5) is 10.3. The van der Waals surface area contributed by atoms with E-state index in [4.69, 9.17) is 23.2 Å². The molecular weight excluding hydrogens is 645 g/mol. The molecule has 0 aliphatic carbocycles. The van der Waals surface area contributed by atoms with Crippen molar-refractivity contribution in [2.45, 2.75) is 13.1 Å². The minimum atomic E-state index is 0. The molecule has 2 aromatic carbocycles. The molecule has 0 spiro atoms. The summed E-state index contributed by atoms with van der Waals surface area (Å²) in [7, 11) is 4.09. The van der Waals surface area contributed by atoms with E-state index in [2.05, 4.69) is 43.9 Å². The van der Waals surface area contributed by atoms with E-state index in [-0.39, 0.29) is 49.6 Å². The Bertz CT molecular complexity index is 778. The summed E-state index contributed by atoms with van der Waals surface area (Å²) in [5, 5.41) is 1.63. The van der Waals surface area contributed by atoms with Crippen LogP contribution in [0.25, 0.3) is 0 Å². The molecule has 2 aliphatic heterocycles. The molecule has 0 atom stereocenters. The molecule has 2 heterocycles. The lowest BCUT2D eigenvalue weighted by atomic mass is 10.2. The standard InChI is InChI=1S/C26H36Cl2N4S2.4ClH/c27-25-5-1-23(2-6-25)21-31-13-9-29(10-14-31)17-19-33-34-20-18-30-11-15-32(16-12-30)22-24-3-7-26(28)8-4-24;;;;/h1-8H,9-22H2;4*1H. The van der Waals surface area contributed by atoms with E-state index in [1.54, 1.807) is 0 Å². The molecule has 0 N–H and O–H groups in total. The minimum Gasteiger partial charge on any atom is -0.300 e. The van der Waals surface area contributed by atoms with Gasteiger partial charge in [-0.2, -0.15) is 0 Å². The summed E-state index contributed by atoms with van der Waals surface area (Å²) >= 11 is 12.0. The predicted molar refractivity (Wildman–Crippen MR) is 180 cm³/mol. The largest absolute Gasteiger partial charge is 0.300 e. The zero-order valence-corrected chi connectivity index (χ0v) is 27.9. The van der Waals surface area contributed by atoms with Gasteiger partial charge in [0.15, 0.2) is 0 Å². The fraction of sp³-hybridized carbons (Fsp3) is 0.538. The van der Waals surface area contributed by atoms with Crippen molar-refractivity contribution in [2.24, 2.45) is 0 Å². The van der Waals surface area contributed by atoms with Gasteiger partial charge in [0, 0.05) is 100 Å². The second kappa shape index (κ2) is 21.4. The predicted octanol–water partition coefficient (Wildman–Crippen LogP) is 7.00. The van der Waals surface area contributed by atoms with Crippen LogP contribution in [0.3, 0.4) is 0 Å². The first-order valence-corrected chi connectivity index (χ1v) is 15.5. The number of piperazine rings is 2. The van der Waals surface area contributed by atoms with Crippen LogP contribution in [0.15, 0.2) is 48.5 Å². The van der Waals surface area contributed by atoms with Crippen molar-refractivity contribution in [3.8, 4) is 0 Å². The third kappa shape index (κ3) is 14.1. The van der Waals surface area contributed by atoms with Crippen molar-refractivity contribution < 1.29 is 0 Å². The van der Waals surface area contributed by atoms with E-state index >= 15 is 0 Å². The highest BCUT2D eigenvalue weighted by Crippen LogP contribution is 2.22. The van der Waals surface area contributed by atoms with Crippen LogP contribution in [0.2, 0.25) is 10.0 Å². The summed E-state index contributed by atoms with van der Waals surface area (Å²) in [6.07, 6.45) is 0. The normalized spacial score (nSPS) is 17.0. The van der Waals surface area contributed by atoms with Crippen molar-refractivity contribution in [1.82, 2.24) is 19.6 Å². The molecular formula is C26H40Cl6N4S2. The molecule has 0 bridgehead atoms. The summed E-state index contributed by atoms with van der Waals surface area (Å²) < 4.78 is 0. The lowest BCUT2D eigenvalue weighted by Crippen LogP contribution is -2.46. The highest BCUT2D eigenvalue weighted by molar-refractivity contribution is 8.76. The molecule has 0 saturated carbocycles. The van der Waals surface area contributed by atoms with Crippen molar-refractivity contribution in [3.63, 3.8) is 0 Å². The number of halogens is 6. The van der Waals surface area contributed by atoms with Crippen LogP contribution in [0.5, 0.6) is 0 Å². The Kier molecular flexibility index (Phi) is 21.8. The smallest absolute Gasteiger partial charge is 0.0406 e. The van der Waals surface area contributed by atoms with Crippen LogP contribution in [0.4, 0.5) is 0 Å². The molecule has 4 nitrogen and oxygen atoms in total. The lowest BCUT2D eigenvalue weighted by molar-refractivity contribution is 0.132. The maximum Gasteiger partial charge on any atom is 0.0406 e. The van der Waals surface area contributed by atoms with Gasteiger partial charge in [-0.05, 0) is 35.4 Å². The van der Waals surface area contributed by atoms with Gasteiger partial charge in [0.05, 0.1) is 0 Å². The van der Waals surface area contributed by atoms with E-state index in [1.165, 1.54) is 61.9 Å². The topological polar surface area (TPSA) is 13.0 Å². The molecule has 2 aromatic rings. The Morgan fingerprint density at radius 1 is 0.474 bits per heavy atom. The lowest BCUT2D eigenvalue weighted by Gasteiger charge is -2.35. The van der Waals surface area contributed by atoms with E-state index in [1.807, 2.05) is 45.9 Å². The Labute approximate surface area is 271 Å². The second-order valence-electron chi connectivity index (χ2n) is 9.13. The van der Waals surface area contributed by atoms with Crippen molar-refractivity contribution in [2.75, 3.05) is 77.0 Å². The number of nitrogens with zero attached hydrogens (tertiary/aromatic N) is 4. The molecule has 2 saturated heterocycles. The van der Waals surface area contributed by atoms with E-state index in [0.29, 0.717) is 0 Å². The fourth-order valence-electron chi connectivity index (χ4n) is 4.49. The quantitative estimate of drug-likeness (QED) is 0.186. The Morgan fingerprint density at radius 2 is 0.763 bits per heavy atom. The molecule has 2 aliphatic rings. The van der Waals surface area contributed by atoms with Crippen molar-refractivity contribution in [1.29, 1.82) is 0 Å². The molecule has 4 rings (SSSR count). The van der Waals surface area contributed by atoms with Crippen LogP contribution < -0.4 is 0 Å². The van der Waals surface area contributed by atoms with Gasteiger partial charge in [0.25, 0.3) is 0 Å². The average molecular weight is 685 g/mol. The van der Waals surface area contributed by atoms with Crippen LogP contribution >= 0.6 is 94.4 Å². The van der Waals surface area contributed by atoms with E-state index < -0.39 is 0 Å². The maximum absolute atomic E-state index is 6.00. The van der Waals surface area contributed by atoms with Gasteiger partial charge < -0.3 is 0 Å². The van der Waals surface area contributed by atoms with Gasteiger partial charge in [0.1, 0.15) is 0 Å². The Balaban J connectivity index is 0.00000342. The third-order valence-electron chi connectivity index (χ3n) is 6.63. The van der Waals surface area contributed by atoms with Crippen LogP contribution in [-0.4, -0.2) is 96.6 Å². The molecule has 0 unspecified atom stereocenters. The number of hydrogen-bond acceptors (Lipinski definition) is 6. The maximum atomic E-state index is 6.00. The number of rotatable bonds is 11. The highest BCUT2D eigenvalue weighted by atomic mass is 35.5. The van der Waals surface area contributed by atoms with Gasteiger partial charge in [-0.15, -0.1) is 49.6 Å². The van der Waals surface area contributed by atoms with Gasteiger partial charge >= 0.3 is 0 Å². The summed E-state index contributed by atoms with van der Waals surface area (Å²) in [6.45, 7) is 13.8. The number of hydrogen-bond donors (Lipinski definition) is 0. The number of benzene rings is 2. The molecule has 218 valence electrons. The van der Waals surface area contributed by atoms with Crippen molar-refractivity contribution >= 4 is 94.4 Å². The van der Waals surface area contributed by atoms with Gasteiger partial charge in [0.2, 0.25) is 0 Å². The minimum absolute atomic E-state index is 0. The van der Waals surface area contributed by atoms with Gasteiger partial charge in [-0.1, -0.05) is 69.1 Å². The van der Waals surface area contributed by atoms with Crippen LogP contribution in [0, 0.1) is 0 Å². The SMILES string of the molecule is Cl.Cl.Cl.Cl.Clc1ccc(CN2CCN(CCSSCCN3CCN(Cc4ccc(Cl)cc4)CC3)CC2)cc1. The molecule has 0 aromatic heterocycles. The molecule has 0 radical (unpaired) electrons. The monoisotopic (exact) mass is 682 g/mol. The zero-order valence-electron chi connectivity index (χ0n) is 21.5. The second-order valence-corrected chi connectivity index (χ2v) is 12.7. The van der Waals surface area contributed by atoms with Crippen LogP contribution in [-0.2, 0) is 13.1 Å². The molecule has 2 fully saturated rings. The first kappa shape index (κ1) is 38.7. The average Bonchev–Trinajstić information content (AvgIpc) is 2.86. The summed E-state index contributed by atoms with van der Waals surface area (Å²) in [5.41, 5.74) is 2.71. The Hall–Kier alpha value is 0.720. The van der Waals surface area contributed by atoms with E-state index in [0.717, 1.165) is 49.3 Å². The first-order chi connectivity index (χ1) is 16.6. The first-order valence-electron chi connectivity index (χ1n) is 12.3.